The summed E-state index contributed by atoms with van der Waals surface area (Å²) in [6, 6.07) is 13.6. The van der Waals surface area contributed by atoms with E-state index in [9.17, 15) is 0 Å². The van der Waals surface area contributed by atoms with E-state index in [1.807, 2.05) is 54.4 Å². The van der Waals surface area contributed by atoms with Crippen LogP contribution in [0.4, 0.5) is 5.69 Å². The monoisotopic (exact) mass is 394 g/mol. The smallest absolute Gasteiger partial charge is 0.173 e. The second kappa shape index (κ2) is 8.17. The fourth-order valence-corrected chi connectivity index (χ4v) is 2.71. The third-order valence-electron chi connectivity index (χ3n) is 3.32. The molecule has 0 radical (unpaired) electrons. The average molecular weight is 395 g/mol. The van der Waals surface area contributed by atoms with Gasteiger partial charge in [0.05, 0.1) is 14.2 Å². The molecule has 0 aliphatic carbocycles. The van der Waals surface area contributed by atoms with Gasteiger partial charge in [0, 0.05) is 35.4 Å². The van der Waals surface area contributed by atoms with Crippen molar-refractivity contribution in [2.75, 3.05) is 26.6 Å². The van der Waals surface area contributed by atoms with Gasteiger partial charge >= 0.3 is 0 Å². The topological polar surface area (TPSA) is 33.7 Å². The summed E-state index contributed by atoms with van der Waals surface area (Å²) in [5, 5.41) is 3.84. The molecule has 0 saturated carbocycles. The minimum absolute atomic E-state index is 0.625. The fourth-order valence-electron chi connectivity index (χ4n) is 2.12. The van der Waals surface area contributed by atoms with Crippen molar-refractivity contribution < 1.29 is 9.47 Å². The number of hydrogen-bond donors (Lipinski definition) is 1. The molecule has 0 aliphatic rings. The van der Waals surface area contributed by atoms with Crippen molar-refractivity contribution in [1.82, 2.24) is 4.90 Å². The Morgan fingerprint density at radius 3 is 2.65 bits per heavy atom. The Balaban J connectivity index is 2.06. The molecule has 0 atom stereocenters. The second-order valence-corrected chi connectivity index (χ2v) is 6.28. The molecule has 2 rings (SSSR count). The Bertz CT molecular complexity index is 694. The molecular formula is C17H19BrN2O2S. The van der Waals surface area contributed by atoms with E-state index in [4.69, 9.17) is 21.7 Å². The van der Waals surface area contributed by atoms with E-state index in [0.29, 0.717) is 11.7 Å². The van der Waals surface area contributed by atoms with Crippen LogP contribution in [-0.4, -0.2) is 31.3 Å². The average Bonchev–Trinajstić information content (AvgIpc) is 2.55. The number of nitrogens with zero attached hydrogens (tertiary/aromatic N) is 1. The Kier molecular flexibility index (Phi) is 6.24. The van der Waals surface area contributed by atoms with Gasteiger partial charge < -0.3 is 19.7 Å². The zero-order valence-corrected chi connectivity index (χ0v) is 15.7. The summed E-state index contributed by atoms with van der Waals surface area (Å²) in [4.78, 5) is 1.96. The van der Waals surface area contributed by atoms with Gasteiger partial charge in [-0.2, -0.15) is 0 Å². The molecule has 0 fully saturated rings. The molecule has 23 heavy (non-hydrogen) atoms. The van der Waals surface area contributed by atoms with E-state index in [1.54, 1.807) is 14.2 Å². The van der Waals surface area contributed by atoms with Gasteiger partial charge in [0.2, 0.25) is 0 Å². The number of hydrogen-bond acceptors (Lipinski definition) is 3. The molecule has 0 aliphatic heterocycles. The molecular weight excluding hydrogens is 376 g/mol. The highest BCUT2D eigenvalue weighted by atomic mass is 79.9. The van der Waals surface area contributed by atoms with E-state index >= 15 is 0 Å². The summed E-state index contributed by atoms with van der Waals surface area (Å²) in [5.74, 6) is 1.62. The van der Waals surface area contributed by atoms with Crippen LogP contribution >= 0.6 is 28.1 Å². The van der Waals surface area contributed by atoms with Crippen molar-refractivity contribution in [2.24, 2.45) is 0 Å². The third kappa shape index (κ3) is 4.84. The molecule has 0 saturated heterocycles. The summed E-state index contributed by atoms with van der Waals surface area (Å²) in [6.07, 6.45) is 0. The van der Waals surface area contributed by atoms with Crippen LogP contribution in [0.1, 0.15) is 5.56 Å². The highest BCUT2D eigenvalue weighted by Crippen LogP contribution is 2.24. The first-order chi connectivity index (χ1) is 11.0. The molecule has 0 heterocycles. The van der Waals surface area contributed by atoms with E-state index in [-0.39, 0.29) is 0 Å². The molecule has 2 aromatic rings. The Morgan fingerprint density at radius 1 is 1.17 bits per heavy atom. The first-order valence-electron chi connectivity index (χ1n) is 7.02. The van der Waals surface area contributed by atoms with Gasteiger partial charge in [-0.25, -0.2) is 0 Å². The Labute approximate surface area is 150 Å². The second-order valence-electron chi connectivity index (χ2n) is 4.97. The molecule has 1 N–H and O–H groups in total. The first kappa shape index (κ1) is 17.6. The van der Waals surface area contributed by atoms with Gasteiger partial charge in [-0.15, -0.1) is 0 Å². The van der Waals surface area contributed by atoms with Crippen molar-refractivity contribution in [3.63, 3.8) is 0 Å². The lowest BCUT2D eigenvalue weighted by Gasteiger charge is -2.22. The standard InChI is InChI=1S/C17H19BrN2O2S/c1-20(11-12-9-13(18)7-8-16(12)22-3)17(23)19-14-5-4-6-15(10-14)21-2/h4-10H,11H2,1-3H3,(H,19,23). The predicted molar refractivity (Wildman–Crippen MR) is 101 cm³/mol. The molecule has 0 unspecified atom stereocenters. The summed E-state index contributed by atoms with van der Waals surface area (Å²) >= 11 is 8.96. The van der Waals surface area contributed by atoms with E-state index in [0.717, 1.165) is 27.2 Å². The Hall–Kier alpha value is -1.79. The van der Waals surface area contributed by atoms with Crippen LogP contribution in [0.5, 0.6) is 11.5 Å². The summed E-state index contributed by atoms with van der Waals surface area (Å²) < 4.78 is 11.6. The number of nitrogens with one attached hydrogen (secondary N) is 1. The van der Waals surface area contributed by atoms with Crippen LogP contribution in [0.15, 0.2) is 46.9 Å². The van der Waals surface area contributed by atoms with Gasteiger partial charge in [0.25, 0.3) is 0 Å². The number of halogens is 1. The molecule has 0 bridgehead atoms. The van der Waals surface area contributed by atoms with Crippen molar-refractivity contribution in [3.8, 4) is 11.5 Å². The van der Waals surface area contributed by atoms with E-state index < -0.39 is 0 Å². The normalized spacial score (nSPS) is 10.1. The molecule has 0 amide bonds. The molecule has 4 nitrogen and oxygen atoms in total. The highest BCUT2D eigenvalue weighted by Gasteiger charge is 2.10. The Morgan fingerprint density at radius 2 is 1.96 bits per heavy atom. The van der Waals surface area contributed by atoms with Crippen molar-refractivity contribution >= 4 is 38.9 Å². The number of thiocarbonyl (C=S) groups is 1. The van der Waals surface area contributed by atoms with Gasteiger partial charge in [0.1, 0.15) is 11.5 Å². The lowest BCUT2D eigenvalue weighted by Crippen LogP contribution is -2.30. The SMILES string of the molecule is COc1cccc(NC(=S)N(C)Cc2cc(Br)ccc2OC)c1. The third-order valence-corrected chi connectivity index (χ3v) is 4.22. The summed E-state index contributed by atoms with van der Waals surface area (Å²) in [5.41, 5.74) is 1.95. The molecule has 0 aromatic heterocycles. The van der Waals surface area contributed by atoms with Crippen molar-refractivity contribution in [3.05, 3.63) is 52.5 Å². The van der Waals surface area contributed by atoms with Crippen molar-refractivity contribution in [1.29, 1.82) is 0 Å². The van der Waals surface area contributed by atoms with Crippen LogP contribution in [0, 0.1) is 0 Å². The lowest BCUT2D eigenvalue weighted by atomic mass is 10.2. The quantitative estimate of drug-likeness (QED) is 0.764. The number of rotatable bonds is 5. The van der Waals surface area contributed by atoms with Crippen LogP contribution in [0.25, 0.3) is 0 Å². The van der Waals surface area contributed by atoms with Crippen molar-refractivity contribution in [2.45, 2.75) is 6.54 Å². The van der Waals surface area contributed by atoms with Gasteiger partial charge in [-0.1, -0.05) is 22.0 Å². The largest absolute Gasteiger partial charge is 0.497 e. The number of benzene rings is 2. The minimum atomic E-state index is 0.625. The summed E-state index contributed by atoms with van der Waals surface area (Å²) in [6.45, 7) is 0.637. The molecule has 122 valence electrons. The number of anilines is 1. The maximum Gasteiger partial charge on any atom is 0.173 e. The lowest BCUT2D eigenvalue weighted by molar-refractivity contribution is 0.399. The molecule has 6 heteroatoms. The number of methoxy groups -OCH3 is 2. The molecule has 0 spiro atoms. The van der Waals surface area contributed by atoms with Gasteiger partial charge in [-0.05, 0) is 42.5 Å². The summed E-state index contributed by atoms with van der Waals surface area (Å²) in [7, 11) is 5.25. The maximum atomic E-state index is 5.47. The van der Waals surface area contributed by atoms with E-state index in [1.165, 1.54) is 0 Å². The zero-order chi connectivity index (χ0) is 16.8. The number of ether oxygens (including phenoxy) is 2. The van der Waals surface area contributed by atoms with Crippen LogP contribution in [0.2, 0.25) is 0 Å². The maximum absolute atomic E-state index is 5.47. The first-order valence-corrected chi connectivity index (χ1v) is 8.22. The van der Waals surface area contributed by atoms with Crippen LogP contribution < -0.4 is 14.8 Å². The highest BCUT2D eigenvalue weighted by molar-refractivity contribution is 9.10. The zero-order valence-electron chi connectivity index (χ0n) is 13.3. The molecule has 2 aromatic carbocycles. The fraction of sp³-hybridized carbons (Fsp3) is 0.235. The van der Waals surface area contributed by atoms with Crippen LogP contribution in [-0.2, 0) is 6.54 Å². The van der Waals surface area contributed by atoms with Gasteiger partial charge in [-0.3, -0.25) is 0 Å². The van der Waals surface area contributed by atoms with Gasteiger partial charge in [0.15, 0.2) is 5.11 Å². The van der Waals surface area contributed by atoms with E-state index in [2.05, 4.69) is 21.2 Å². The predicted octanol–water partition coefficient (Wildman–Crippen LogP) is 4.30. The van der Waals surface area contributed by atoms with Crippen LogP contribution in [0.3, 0.4) is 0 Å². The minimum Gasteiger partial charge on any atom is -0.497 e.